The highest BCUT2D eigenvalue weighted by atomic mass is 19.1. The van der Waals surface area contributed by atoms with Gasteiger partial charge >= 0.3 is 5.97 Å². The van der Waals surface area contributed by atoms with Crippen molar-refractivity contribution >= 4 is 16.7 Å². The molecule has 2 aromatic carbocycles. The molecule has 94 valence electrons. The van der Waals surface area contributed by atoms with Crippen molar-refractivity contribution in [1.29, 1.82) is 0 Å². The molecule has 0 amide bonds. The van der Waals surface area contributed by atoms with Crippen LogP contribution in [0, 0.1) is 5.82 Å². The van der Waals surface area contributed by atoms with Crippen molar-refractivity contribution < 1.29 is 18.7 Å². The fourth-order valence-electron chi connectivity index (χ4n) is 2.05. The summed E-state index contributed by atoms with van der Waals surface area (Å²) in [5, 5.41) is 10.0. The molecule has 0 bridgehead atoms. The Morgan fingerprint density at radius 3 is 2.63 bits per heavy atom. The average molecular weight is 257 g/mol. The lowest BCUT2D eigenvalue weighted by atomic mass is 10.0. The number of carbonyl (C=O) groups is 1. The summed E-state index contributed by atoms with van der Waals surface area (Å²) in [4.78, 5) is 14.7. The number of fused-ring (bicyclic) bond motifs is 1. The van der Waals surface area contributed by atoms with Gasteiger partial charge in [-0.05, 0) is 17.5 Å². The van der Waals surface area contributed by atoms with Crippen LogP contribution >= 0.6 is 0 Å². The maximum absolute atomic E-state index is 13.7. The van der Waals surface area contributed by atoms with Crippen molar-refractivity contribution in [2.24, 2.45) is 0 Å². The van der Waals surface area contributed by atoms with Crippen molar-refractivity contribution in [2.45, 2.75) is 0 Å². The molecule has 0 saturated carbocycles. The van der Waals surface area contributed by atoms with Gasteiger partial charge in [0.25, 0.3) is 0 Å². The maximum Gasteiger partial charge on any atom is 0.358 e. The first kappa shape index (κ1) is 11.4. The molecule has 4 nitrogen and oxygen atoms in total. The van der Waals surface area contributed by atoms with Gasteiger partial charge in [0.15, 0.2) is 17.8 Å². The Balaban J connectivity index is 2.35. The third kappa shape index (κ3) is 1.76. The van der Waals surface area contributed by atoms with Crippen LogP contribution in [0.2, 0.25) is 0 Å². The number of benzene rings is 2. The van der Waals surface area contributed by atoms with E-state index >= 15 is 0 Å². The fraction of sp³-hybridized carbons (Fsp3) is 0. The predicted molar refractivity (Wildman–Crippen MR) is 66.4 cm³/mol. The number of oxazole rings is 1. The number of rotatable bonds is 2. The molecule has 0 atom stereocenters. The molecule has 19 heavy (non-hydrogen) atoms. The van der Waals surface area contributed by atoms with Gasteiger partial charge in [-0.25, -0.2) is 14.2 Å². The van der Waals surface area contributed by atoms with Gasteiger partial charge in [0.05, 0.1) is 0 Å². The van der Waals surface area contributed by atoms with Crippen molar-refractivity contribution in [3.63, 3.8) is 0 Å². The molecule has 0 aliphatic heterocycles. The van der Waals surface area contributed by atoms with Gasteiger partial charge < -0.3 is 9.52 Å². The summed E-state index contributed by atoms with van der Waals surface area (Å²) in [6, 6.07) is 9.58. The van der Waals surface area contributed by atoms with E-state index < -0.39 is 5.97 Å². The highest BCUT2D eigenvalue weighted by molar-refractivity contribution is 6.01. The van der Waals surface area contributed by atoms with E-state index in [-0.39, 0.29) is 17.3 Å². The summed E-state index contributed by atoms with van der Waals surface area (Å²) in [6.45, 7) is 0. The highest BCUT2D eigenvalue weighted by Gasteiger charge is 2.19. The summed E-state index contributed by atoms with van der Waals surface area (Å²) >= 11 is 0. The first-order valence-corrected chi connectivity index (χ1v) is 5.53. The lowest BCUT2D eigenvalue weighted by molar-refractivity contribution is 0.0691. The third-order valence-corrected chi connectivity index (χ3v) is 2.89. The van der Waals surface area contributed by atoms with Crippen LogP contribution in [0.15, 0.2) is 47.2 Å². The van der Waals surface area contributed by atoms with Crippen LogP contribution in [-0.4, -0.2) is 16.1 Å². The monoisotopic (exact) mass is 257 g/mol. The van der Waals surface area contributed by atoms with Crippen molar-refractivity contribution in [2.75, 3.05) is 0 Å². The molecule has 1 N–H and O–H groups in total. The minimum Gasteiger partial charge on any atom is -0.476 e. The van der Waals surface area contributed by atoms with E-state index in [0.717, 1.165) is 6.39 Å². The molecule has 3 rings (SSSR count). The topological polar surface area (TPSA) is 63.3 Å². The van der Waals surface area contributed by atoms with Gasteiger partial charge in [-0.2, -0.15) is 0 Å². The summed E-state index contributed by atoms with van der Waals surface area (Å²) in [5.41, 5.74) is 0.323. The van der Waals surface area contributed by atoms with Gasteiger partial charge in [-0.1, -0.05) is 24.3 Å². The standard InChI is InChI=1S/C14H8FNO3/c15-11-6-5-10(8-3-1-2-4-9(8)11)13-12(14(17)18)16-7-19-13/h1-7H,(H,17,18). The SMILES string of the molecule is O=C(O)c1ncoc1-c1ccc(F)c2ccccc12. The van der Waals surface area contributed by atoms with E-state index in [1.165, 1.54) is 12.1 Å². The molecule has 1 heterocycles. The summed E-state index contributed by atoms with van der Waals surface area (Å²) in [7, 11) is 0. The number of hydrogen-bond donors (Lipinski definition) is 1. The lowest BCUT2D eigenvalue weighted by Gasteiger charge is -2.05. The lowest BCUT2D eigenvalue weighted by Crippen LogP contribution is -1.99. The van der Waals surface area contributed by atoms with Crippen LogP contribution in [0.5, 0.6) is 0 Å². The number of aromatic carboxylic acids is 1. The molecular weight excluding hydrogens is 249 g/mol. The Bertz CT molecular complexity index is 779. The van der Waals surface area contributed by atoms with Crippen LogP contribution in [0.1, 0.15) is 10.5 Å². The minimum atomic E-state index is -1.18. The number of carboxylic acids is 1. The number of carboxylic acid groups (broad SMARTS) is 1. The van der Waals surface area contributed by atoms with E-state index in [2.05, 4.69) is 4.98 Å². The Morgan fingerprint density at radius 1 is 1.16 bits per heavy atom. The zero-order valence-corrected chi connectivity index (χ0v) is 9.63. The number of aromatic nitrogens is 1. The van der Waals surface area contributed by atoms with Crippen LogP contribution in [0.25, 0.3) is 22.1 Å². The van der Waals surface area contributed by atoms with E-state index in [9.17, 15) is 9.18 Å². The van der Waals surface area contributed by atoms with Crippen LogP contribution in [-0.2, 0) is 0 Å². The Labute approximate surface area is 107 Å². The summed E-state index contributed by atoms with van der Waals surface area (Å²) in [5.74, 6) is -1.42. The minimum absolute atomic E-state index is 0.128. The second-order valence-electron chi connectivity index (χ2n) is 3.98. The number of hydrogen-bond acceptors (Lipinski definition) is 3. The molecule has 5 heteroatoms. The zero-order chi connectivity index (χ0) is 13.4. The van der Waals surface area contributed by atoms with E-state index in [0.29, 0.717) is 16.3 Å². The van der Waals surface area contributed by atoms with Crippen LogP contribution < -0.4 is 0 Å². The highest BCUT2D eigenvalue weighted by Crippen LogP contribution is 2.32. The molecule has 0 aliphatic carbocycles. The quantitative estimate of drug-likeness (QED) is 0.764. The van der Waals surface area contributed by atoms with Gasteiger partial charge in [0, 0.05) is 10.9 Å². The molecule has 0 fully saturated rings. The van der Waals surface area contributed by atoms with E-state index in [1.807, 2.05) is 0 Å². The normalized spacial score (nSPS) is 10.8. The smallest absolute Gasteiger partial charge is 0.358 e. The number of halogens is 1. The second-order valence-corrected chi connectivity index (χ2v) is 3.98. The molecule has 0 radical (unpaired) electrons. The molecule has 0 unspecified atom stereocenters. The van der Waals surface area contributed by atoms with Crippen molar-refractivity contribution in [1.82, 2.24) is 4.98 Å². The maximum atomic E-state index is 13.7. The second kappa shape index (κ2) is 4.20. The fourth-order valence-corrected chi connectivity index (χ4v) is 2.05. The molecule has 0 aliphatic rings. The molecule has 0 saturated heterocycles. The molecule has 0 spiro atoms. The van der Waals surface area contributed by atoms with Crippen LogP contribution in [0.4, 0.5) is 4.39 Å². The Kier molecular flexibility index (Phi) is 2.52. The largest absolute Gasteiger partial charge is 0.476 e. The van der Waals surface area contributed by atoms with Gasteiger partial charge in [0.2, 0.25) is 0 Å². The number of nitrogens with zero attached hydrogens (tertiary/aromatic N) is 1. The van der Waals surface area contributed by atoms with E-state index in [1.54, 1.807) is 24.3 Å². The molecule has 3 aromatic rings. The van der Waals surface area contributed by atoms with Crippen LogP contribution in [0.3, 0.4) is 0 Å². The predicted octanol–water partition coefficient (Wildman–Crippen LogP) is 3.33. The molecular formula is C14H8FNO3. The van der Waals surface area contributed by atoms with Crippen molar-refractivity contribution in [3.05, 3.63) is 54.3 Å². The summed E-state index contributed by atoms with van der Waals surface area (Å²) in [6.07, 6.45) is 1.07. The van der Waals surface area contributed by atoms with Gasteiger partial charge in [0.1, 0.15) is 5.82 Å². The van der Waals surface area contributed by atoms with Gasteiger partial charge in [-0.15, -0.1) is 0 Å². The van der Waals surface area contributed by atoms with Crippen molar-refractivity contribution in [3.8, 4) is 11.3 Å². The Morgan fingerprint density at radius 2 is 1.89 bits per heavy atom. The molecule has 1 aromatic heterocycles. The first-order chi connectivity index (χ1) is 9.18. The van der Waals surface area contributed by atoms with Gasteiger partial charge in [-0.3, -0.25) is 0 Å². The summed E-state index contributed by atoms with van der Waals surface area (Å²) < 4.78 is 18.9. The first-order valence-electron chi connectivity index (χ1n) is 5.53. The third-order valence-electron chi connectivity index (χ3n) is 2.89. The average Bonchev–Trinajstić information content (AvgIpc) is 2.89. The zero-order valence-electron chi connectivity index (χ0n) is 9.63. The Hall–Kier alpha value is -2.69. The van der Waals surface area contributed by atoms with E-state index in [4.69, 9.17) is 9.52 Å².